The molecule has 0 saturated heterocycles. The molecular weight excluding hydrogens is 354 g/mol. The number of rotatable bonds is 7. The molecule has 0 heterocycles. The molecule has 0 bridgehead atoms. The van der Waals surface area contributed by atoms with Crippen molar-refractivity contribution in [3.63, 3.8) is 0 Å². The summed E-state index contributed by atoms with van der Waals surface area (Å²) < 4.78 is 9.93. The van der Waals surface area contributed by atoms with Crippen LogP contribution in [0.5, 0.6) is 11.5 Å². The molecule has 2 rings (SSSR count). The van der Waals surface area contributed by atoms with E-state index >= 15 is 0 Å². The minimum Gasteiger partial charge on any atom is -0.546 e. The minimum absolute atomic E-state index is 0.347. The maximum Gasteiger partial charge on any atom is 0.329 e. The summed E-state index contributed by atoms with van der Waals surface area (Å²) in [6.07, 6.45) is 1.32. The highest BCUT2D eigenvalue weighted by Crippen LogP contribution is 2.14. The van der Waals surface area contributed by atoms with Crippen molar-refractivity contribution >= 4 is 29.7 Å². The lowest BCUT2D eigenvalue weighted by Gasteiger charge is -2.06. The third-order valence-corrected chi connectivity index (χ3v) is 3.17. The van der Waals surface area contributed by atoms with Gasteiger partial charge in [0, 0.05) is 5.69 Å². The highest BCUT2D eigenvalue weighted by atomic mass is 16.5. The Balaban J connectivity index is 1.82. The zero-order valence-electron chi connectivity index (χ0n) is 14.3. The number of methoxy groups -OCH3 is 1. The first-order valence-electron chi connectivity index (χ1n) is 7.69. The molecule has 2 amide bonds. The summed E-state index contributed by atoms with van der Waals surface area (Å²) in [6, 6.07) is 12.7. The zero-order chi connectivity index (χ0) is 19.6. The van der Waals surface area contributed by atoms with Gasteiger partial charge in [0.1, 0.15) is 18.1 Å². The van der Waals surface area contributed by atoms with Gasteiger partial charge in [-0.15, -0.1) is 0 Å². The molecular formula is C18H16N3O6-. The number of carboxylic acids is 1. The maximum atomic E-state index is 11.8. The number of nitrogens with zero attached hydrogens (tertiary/aromatic N) is 1. The van der Waals surface area contributed by atoms with Crippen molar-refractivity contribution in [2.24, 2.45) is 5.10 Å². The Morgan fingerprint density at radius 2 is 1.63 bits per heavy atom. The second kappa shape index (κ2) is 9.56. The lowest BCUT2D eigenvalue weighted by molar-refractivity contribution is -0.307. The summed E-state index contributed by atoms with van der Waals surface area (Å²) in [5.74, 6) is -2.16. The average molecular weight is 370 g/mol. The first-order chi connectivity index (χ1) is 13.0. The molecule has 2 aromatic carbocycles. The topological polar surface area (TPSA) is 129 Å². The van der Waals surface area contributed by atoms with Crippen LogP contribution in [0.3, 0.4) is 0 Å². The van der Waals surface area contributed by atoms with Crippen molar-refractivity contribution < 1.29 is 29.0 Å². The van der Waals surface area contributed by atoms with E-state index in [1.165, 1.54) is 25.5 Å². The number of hydrazone groups is 1. The molecule has 9 heteroatoms. The van der Waals surface area contributed by atoms with E-state index in [4.69, 9.17) is 9.47 Å². The third kappa shape index (κ3) is 6.50. The van der Waals surface area contributed by atoms with Crippen LogP contribution in [0.1, 0.15) is 5.56 Å². The predicted molar refractivity (Wildman–Crippen MR) is 94.3 cm³/mol. The van der Waals surface area contributed by atoms with Gasteiger partial charge in [-0.2, -0.15) is 5.10 Å². The Kier molecular flexibility index (Phi) is 6.89. The van der Waals surface area contributed by atoms with Gasteiger partial charge in [0.25, 0.3) is 0 Å². The molecule has 9 nitrogen and oxygen atoms in total. The molecule has 0 spiro atoms. The number of aliphatic carboxylic acids is 1. The van der Waals surface area contributed by atoms with E-state index in [0.29, 0.717) is 22.7 Å². The molecule has 27 heavy (non-hydrogen) atoms. The first-order valence-corrected chi connectivity index (χ1v) is 7.69. The maximum absolute atomic E-state index is 11.8. The fourth-order valence-electron chi connectivity index (χ4n) is 1.87. The lowest BCUT2D eigenvalue weighted by Crippen LogP contribution is -2.32. The van der Waals surface area contributed by atoms with E-state index in [1.807, 2.05) is 0 Å². The molecule has 0 fully saturated rings. The molecule has 0 aliphatic carbocycles. The molecule has 0 saturated carbocycles. The van der Waals surface area contributed by atoms with Crippen LogP contribution in [0.25, 0.3) is 0 Å². The fraction of sp³-hybridized carbons (Fsp3) is 0.111. The summed E-state index contributed by atoms with van der Waals surface area (Å²) in [5, 5.41) is 16.4. The first kappa shape index (κ1) is 19.4. The molecule has 2 aromatic rings. The van der Waals surface area contributed by atoms with Gasteiger partial charge in [-0.05, 0) is 54.1 Å². The van der Waals surface area contributed by atoms with E-state index in [1.54, 1.807) is 36.4 Å². The van der Waals surface area contributed by atoms with Crippen molar-refractivity contribution in [1.82, 2.24) is 5.43 Å². The molecule has 0 unspecified atom stereocenters. The van der Waals surface area contributed by atoms with Gasteiger partial charge < -0.3 is 24.7 Å². The van der Waals surface area contributed by atoms with Crippen LogP contribution in [0.4, 0.5) is 5.69 Å². The Hall–Kier alpha value is -3.88. The molecule has 0 atom stereocenters. The van der Waals surface area contributed by atoms with E-state index < -0.39 is 24.4 Å². The van der Waals surface area contributed by atoms with Gasteiger partial charge in [-0.25, -0.2) is 5.43 Å². The Morgan fingerprint density at radius 3 is 2.22 bits per heavy atom. The number of hydrogen-bond donors (Lipinski definition) is 2. The van der Waals surface area contributed by atoms with Gasteiger partial charge in [0.15, 0.2) is 0 Å². The van der Waals surface area contributed by atoms with Gasteiger partial charge in [-0.1, -0.05) is 0 Å². The van der Waals surface area contributed by atoms with Gasteiger partial charge in [-0.3, -0.25) is 9.59 Å². The predicted octanol–water partition coefficient (Wildman–Crippen LogP) is -0.0873. The molecule has 140 valence electrons. The summed E-state index contributed by atoms with van der Waals surface area (Å²) in [4.78, 5) is 33.8. The summed E-state index contributed by atoms with van der Waals surface area (Å²) in [6.45, 7) is -0.549. The van der Waals surface area contributed by atoms with E-state index in [-0.39, 0.29) is 0 Å². The van der Waals surface area contributed by atoms with Crippen molar-refractivity contribution in [3.8, 4) is 11.5 Å². The average Bonchev–Trinajstić information content (AvgIpc) is 2.67. The number of carboxylic acid groups (broad SMARTS) is 1. The van der Waals surface area contributed by atoms with Gasteiger partial charge in [0.05, 0.1) is 19.3 Å². The molecule has 0 aliphatic rings. The lowest BCUT2D eigenvalue weighted by atomic mass is 10.2. The summed E-state index contributed by atoms with van der Waals surface area (Å²) in [7, 11) is 1.52. The normalized spacial score (nSPS) is 10.3. The van der Waals surface area contributed by atoms with Crippen molar-refractivity contribution in [2.75, 3.05) is 19.0 Å². The molecule has 0 aliphatic heterocycles. The van der Waals surface area contributed by atoms with Crippen LogP contribution in [-0.4, -0.2) is 37.7 Å². The van der Waals surface area contributed by atoms with Crippen molar-refractivity contribution in [1.29, 1.82) is 0 Å². The molecule has 0 radical (unpaired) electrons. The van der Waals surface area contributed by atoms with E-state index in [9.17, 15) is 19.5 Å². The SMILES string of the molecule is COc1ccc(NC(=O)C(=O)N/N=C\c2ccc(OCC(=O)[O-])cc2)cc1. The Morgan fingerprint density at radius 1 is 1.00 bits per heavy atom. The van der Waals surface area contributed by atoms with Crippen LogP contribution in [0.15, 0.2) is 53.6 Å². The number of amides is 2. The zero-order valence-corrected chi connectivity index (χ0v) is 14.3. The largest absolute Gasteiger partial charge is 0.546 e. The van der Waals surface area contributed by atoms with Crippen LogP contribution in [-0.2, 0) is 14.4 Å². The van der Waals surface area contributed by atoms with Crippen LogP contribution >= 0.6 is 0 Å². The van der Waals surface area contributed by atoms with E-state index in [0.717, 1.165) is 0 Å². The summed E-state index contributed by atoms with van der Waals surface area (Å²) in [5.41, 5.74) is 3.15. The van der Waals surface area contributed by atoms with Crippen LogP contribution in [0.2, 0.25) is 0 Å². The number of benzene rings is 2. The number of nitrogens with one attached hydrogen (secondary N) is 2. The highest BCUT2D eigenvalue weighted by Gasteiger charge is 2.12. The van der Waals surface area contributed by atoms with E-state index in [2.05, 4.69) is 15.8 Å². The number of carbonyl (C=O) groups excluding carboxylic acids is 3. The molecule has 0 aromatic heterocycles. The van der Waals surface area contributed by atoms with Crippen molar-refractivity contribution in [2.45, 2.75) is 0 Å². The third-order valence-electron chi connectivity index (χ3n) is 3.17. The number of anilines is 1. The Labute approximate surface area is 154 Å². The fourth-order valence-corrected chi connectivity index (χ4v) is 1.87. The minimum atomic E-state index is -1.32. The van der Waals surface area contributed by atoms with Gasteiger partial charge >= 0.3 is 11.8 Å². The Bertz CT molecular complexity index is 831. The highest BCUT2D eigenvalue weighted by molar-refractivity contribution is 6.39. The standard InChI is InChI=1S/C18H17N3O6/c1-26-14-8-4-13(5-9-14)20-17(24)18(25)21-19-10-12-2-6-15(7-3-12)27-11-16(22)23/h2-10H,11H2,1H3,(H,20,24)(H,21,25)(H,22,23)/p-1/b19-10-. The van der Waals surface area contributed by atoms with Gasteiger partial charge in [0.2, 0.25) is 0 Å². The second-order valence-corrected chi connectivity index (χ2v) is 5.11. The monoisotopic (exact) mass is 370 g/mol. The van der Waals surface area contributed by atoms with Crippen molar-refractivity contribution in [3.05, 3.63) is 54.1 Å². The quantitative estimate of drug-likeness (QED) is 0.398. The number of hydrogen-bond acceptors (Lipinski definition) is 7. The smallest absolute Gasteiger partial charge is 0.329 e. The second-order valence-electron chi connectivity index (χ2n) is 5.11. The van der Waals surface area contributed by atoms with Crippen LogP contribution in [0, 0.1) is 0 Å². The number of ether oxygens (including phenoxy) is 2. The molecule has 2 N–H and O–H groups in total. The summed E-state index contributed by atoms with van der Waals surface area (Å²) >= 11 is 0. The number of carbonyl (C=O) groups is 3. The van der Waals surface area contributed by atoms with Crippen LogP contribution < -0.4 is 25.3 Å².